The van der Waals surface area contributed by atoms with Gasteiger partial charge < -0.3 is 14.2 Å². The monoisotopic (exact) mass is 496 g/mol. The topological polar surface area (TPSA) is 105 Å². The predicted molar refractivity (Wildman–Crippen MR) is 130 cm³/mol. The van der Waals surface area contributed by atoms with Crippen LogP contribution in [0.5, 0.6) is 11.5 Å². The zero-order chi connectivity index (χ0) is 24.9. The van der Waals surface area contributed by atoms with Crippen molar-refractivity contribution in [2.45, 2.75) is 18.7 Å². The summed E-state index contributed by atoms with van der Waals surface area (Å²) in [6.07, 6.45) is 1.32. The molecule has 7 nitrogen and oxygen atoms in total. The summed E-state index contributed by atoms with van der Waals surface area (Å²) in [5.74, 6) is -0.793. The second-order valence-electron chi connectivity index (χ2n) is 7.37. The summed E-state index contributed by atoms with van der Waals surface area (Å²) < 4.78 is 35.9. The summed E-state index contributed by atoms with van der Waals surface area (Å²) in [6.45, 7) is 3.75. The Bertz CT molecular complexity index is 1390. The minimum Gasteiger partial charge on any atom is -0.493 e. The standard InChI is InChI=1S/C25H21ClN2O5S/c1-16-4-8-20(9-5-16)28-25(29)19(15-27)12-18-13-22(26)24(23(14-18)32-3)33-34(30,31)21-10-6-17(2)7-11-21/h4-14H,1-3H3,(H,28,29)/b19-12+. The SMILES string of the molecule is COc1cc(/C=C(\C#N)C(=O)Nc2ccc(C)cc2)cc(Cl)c1OS(=O)(=O)c1ccc(C)cc1. The van der Waals surface area contributed by atoms with Crippen molar-refractivity contribution in [3.63, 3.8) is 0 Å². The van der Waals surface area contributed by atoms with Gasteiger partial charge in [-0.15, -0.1) is 0 Å². The molecule has 3 rings (SSSR count). The van der Waals surface area contributed by atoms with Gasteiger partial charge in [0.05, 0.1) is 12.1 Å². The van der Waals surface area contributed by atoms with Crippen LogP contribution in [0.4, 0.5) is 5.69 Å². The van der Waals surface area contributed by atoms with E-state index in [1.165, 1.54) is 37.5 Å². The molecule has 0 radical (unpaired) electrons. The maximum Gasteiger partial charge on any atom is 0.339 e. The number of ether oxygens (including phenoxy) is 1. The Labute approximate surface area is 203 Å². The van der Waals surface area contributed by atoms with Crippen molar-refractivity contribution in [1.29, 1.82) is 5.26 Å². The number of anilines is 1. The van der Waals surface area contributed by atoms with Crippen molar-refractivity contribution in [3.8, 4) is 17.6 Å². The highest BCUT2D eigenvalue weighted by Gasteiger charge is 2.22. The van der Waals surface area contributed by atoms with E-state index in [4.69, 9.17) is 20.5 Å². The van der Waals surface area contributed by atoms with Crippen molar-refractivity contribution in [2.24, 2.45) is 0 Å². The molecule has 0 bridgehead atoms. The molecule has 1 amide bonds. The maximum atomic E-state index is 12.7. The summed E-state index contributed by atoms with van der Waals surface area (Å²) in [7, 11) is -2.85. The average Bonchev–Trinajstić information content (AvgIpc) is 2.80. The van der Waals surface area contributed by atoms with E-state index >= 15 is 0 Å². The second kappa shape index (κ2) is 10.4. The molecule has 3 aromatic carbocycles. The Morgan fingerprint density at radius 2 is 1.62 bits per heavy atom. The van der Waals surface area contributed by atoms with Crippen LogP contribution in [0.15, 0.2) is 71.1 Å². The number of nitrogens with zero attached hydrogens (tertiary/aromatic N) is 1. The van der Waals surface area contributed by atoms with Gasteiger partial charge in [-0.05, 0) is 61.9 Å². The number of hydrogen-bond donors (Lipinski definition) is 1. The highest BCUT2D eigenvalue weighted by atomic mass is 35.5. The number of methoxy groups -OCH3 is 1. The van der Waals surface area contributed by atoms with Crippen LogP contribution >= 0.6 is 11.6 Å². The van der Waals surface area contributed by atoms with E-state index in [9.17, 15) is 18.5 Å². The number of aryl methyl sites for hydroxylation is 2. The second-order valence-corrected chi connectivity index (χ2v) is 9.33. The molecule has 0 fully saturated rings. The lowest BCUT2D eigenvalue weighted by molar-refractivity contribution is -0.112. The fourth-order valence-corrected chi connectivity index (χ4v) is 4.18. The van der Waals surface area contributed by atoms with Crippen molar-refractivity contribution in [1.82, 2.24) is 0 Å². The summed E-state index contributed by atoms with van der Waals surface area (Å²) in [4.78, 5) is 12.5. The Morgan fingerprint density at radius 3 is 2.18 bits per heavy atom. The van der Waals surface area contributed by atoms with Crippen LogP contribution in [-0.2, 0) is 14.9 Å². The zero-order valence-electron chi connectivity index (χ0n) is 18.6. The molecule has 0 aromatic heterocycles. The van der Waals surface area contributed by atoms with Gasteiger partial charge in [-0.3, -0.25) is 4.79 Å². The van der Waals surface area contributed by atoms with Crippen molar-refractivity contribution in [2.75, 3.05) is 12.4 Å². The molecule has 0 saturated carbocycles. The Morgan fingerprint density at radius 1 is 1.03 bits per heavy atom. The fraction of sp³-hybridized carbons (Fsp3) is 0.120. The van der Waals surface area contributed by atoms with Crippen LogP contribution in [0.3, 0.4) is 0 Å². The molecule has 3 aromatic rings. The third-order valence-electron chi connectivity index (χ3n) is 4.74. The molecular formula is C25H21ClN2O5S. The van der Waals surface area contributed by atoms with Gasteiger partial charge in [0.15, 0.2) is 5.75 Å². The number of nitriles is 1. The molecule has 0 spiro atoms. The first-order chi connectivity index (χ1) is 16.1. The van der Waals surface area contributed by atoms with E-state index in [0.717, 1.165) is 11.1 Å². The number of halogens is 1. The largest absolute Gasteiger partial charge is 0.493 e. The normalized spacial score (nSPS) is 11.4. The van der Waals surface area contributed by atoms with E-state index in [0.29, 0.717) is 11.3 Å². The molecule has 1 N–H and O–H groups in total. The van der Waals surface area contributed by atoms with Crippen LogP contribution in [0.25, 0.3) is 6.08 Å². The van der Waals surface area contributed by atoms with Gasteiger partial charge in [0, 0.05) is 5.69 Å². The van der Waals surface area contributed by atoms with Gasteiger partial charge in [0.2, 0.25) is 5.75 Å². The van der Waals surface area contributed by atoms with Gasteiger partial charge in [-0.2, -0.15) is 13.7 Å². The van der Waals surface area contributed by atoms with E-state index in [1.807, 2.05) is 32.0 Å². The molecule has 0 aliphatic carbocycles. The lowest BCUT2D eigenvalue weighted by atomic mass is 10.1. The molecule has 34 heavy (non-hydrogen) atoms. The van der Waals surface area contributed by atoms with Crippen molar-refractivity contribution >= 4 is 39.4 Å². The minimum atomic E-state index is -4.17. The number of rotatable bonds is 7. The lowest BCUT2D eigenvalue weighted by Crippen LogP contribution is -2.13. The summed E-state index contributed by atoms with van der Waals surface area (Å²) >= 11 is 6.30. The lowest BCUT2D eigenvalue weighted by Gasteiger charge is -2.13. The molecule has 0 aliphatic heterocycles. The molecule has 0 atom stereocenters. The van der Waals surface area contributed by atoms with Crippen LogP contribution in [-0.4, -0.2) is 21.4 Å². The van der Waals surface area contributed by atoms with Crippen LogP contribution < -0.4 is 14.2 Å². The van der Waals surface area contributed by atoms with Gasteiger partial charge in [0.1, 0.15) is 16.5 Å². The first-order valence-electron chi connectivity index (χ1n) is 10.0. The van der Waals surface area contributed by atoms with E-state index in [2.05, 4.69) is 5.32 Å². The smallest absolute Gasteiger partial charge is 0.339 e. The van der Waals surface area contributed by atoms with Gasteiger partial charge in [-0.25, -0.2) is 0 Å². The predicted octanol–water partition coefficient (Wildman–Crippen LogP) is 5.28. The average molecular weight is 497 g/mol. The summed E-state index contributed by atoms with van der Waals surface area (Å²) in [6, 6.07) is 17.9. The van der Waals surface area contributed by atoms with Gasteiger partial charge in [0.25, 0.3) is 5.91 Å². The van der Waals surface area contributed by atoms with Gasteiger partial charge >= 0.3 is 10.1 Å². The third kappa shape index (κ3) is 5.95. The molecular weight excluding hydrogens is 476 g/mol. The van der Waals surface area contributed by atoms with Crippen LogP contribution in [0, 0.1) is 25.2 Å². The van der Waals surface area contributed by atoms with E-state index < -0.39 is 16.0 Å². The number of amides is 1. The Hall–Kier alpha value is -3.80. The summed E-state index contributed by atoms with van der Waals surface area (Å²) in [5.41, 5.74) is 2.63. The number of hydrogen-bond acceptors (Lipinski definition) is 6. The van der Waals surface area contributed by atoms with E-state index in [1.54, 1.807) is 24.3 Å². The molecule has 174 valence electrons. The molecule has 9 heteroatoms. The zero-order valence-corrected chi connectivity index (χ0v) is 20.2. The highest BCUT2D eigenvalue weighted by Crippen LogP contribution is 2.38. The van der Waals surface area contributed by atoms with Crippen molar-refractivity contribution in [3.05, 3.63) is 87.9 Å². The molecule has 0 unspecified atom stereocenters. The quantitative estimate of drug-likeness (QED) is 0.271. The number of carbonyl (C=O) groups is 1. The fourth-order valence-electron chi connectivity index (χ4n) is 2.92. The third-order valence-corrected chi connectivity index (χ3v) is 6.26. The van der Waals surface area contributed by atoms with Gasteiger partial charge in [-0.1, -0.05) is 47.0 Å². The summed E-state index contributed by atoms with van der Waals surface area (Å²) in [5, 5.41) is 12.1. The first kappa shape index (κ1) is 24.8. The Balaban J connectivity index is 1.90. The van der Waals surface area contributed by atoms with E-state index in [-0.39, 0.29) is 27.0 Å². The highest BCUT2D eigenvalue weighted by molar-refractivity contribution is 7.87. The van der Waals surface area contributed by atoms with Crippen LogP contribution in [0.1, 0.15) is 16.7 Å². The Kier molecular flexibility index (Phi) is 7.61. The van der Waals surface area contributed by atoms with Crippen molar-refractivity contribution < 1.29 is 22.1 Å². The molecule has 0 aliphatic rings. The first-order valence-corrected chi connectivity index (χ1v) is 11.8. The minimum absolute atomic E-state index is 0.0191. The molecule has 0 saturated heterocycles. The molecule has 0 heterocycles. The number of carbonyl (C=O) groups excluding carboxylic acids is 1. The number of benzene rings is 3. The van der Waals surface area contributed by atoms with Crippen LogP contribution in [0.2, 0.25) is 5.02 Å². The number of nitrogens with one attached hydrogen (secondary N) is 1. The maximum absolute atomic E-state index is 12.7.